The van der Waals surface area contributed by atoms with Crippen LogP contribution in [0.1, 0.15) is 53.3 Å². The summed E-state index contributed by atoms with van der Waals surface area (Å²) in [6.07, 6.45) is 4.70. The maximum Gasteiger partial charge on any atom is 0.335 e. The average Bonchev–Trinajstić information content (AvgIpc) is 2.38. The normalized spacial score (nSPS) is 16.5. The van der Waals surface area contributed by atoms with Crippen LogP contribution in [0.15, 0.2) is 24.3 Å². The first-order chi connectivity index (χ1) is 9.06. The molecule has 1 aliphatic rings. The smallest absolute Gasteiger partial charge is 0.335 e. The number of hydrogen-bond acceptors (Lipinski definition) is 2. The Hall–Kier alpha value is -1.84. The third-order valence-electron chi connectivity index (χ3n) is 4.18. The molecule has 102 valence electrons. The largest absolute Gasteiger partial charge is 0.478 e. The van der Waals surface area contributed by atoms with Crippen molar-refractivity contribution >= 4 is 11.9 Å². The molecule has 0 heterocycles. The quantitative estimate of drug-likeness (QED) is 0.856. The number of carbonyl (C=O) groups is 2. The molecule has 0 unspecified atom stereocenters. The fourth-order valence-electron chi connectivity index (χ4n) is 2.47. The first-order valence-electron chi connectivity index (χ1n) is 6.68. The summed E-state index contributed by atoms with van der Waals surface area (Å²) in [6, 6.07) is 6.02. The van der Waals surface area contributed by atoms with Gasteiger partial charge in [0.15, 0.2) is 0 Å². The van der Waals surface area contributed by atoms with E-state index in [1.54, 1.807) is 12.1 Å². The molecule has 19 heavy (non-hydrogen) atoms. The molecular formula is C15H19NO3. The van der Waals surface area contributed by atoms with Crippen LogP contribution in [0.25, 0.3) is 0 Å². The molecule has 1 fully saturated rings. The van der Waals surface area contributed by atoms with E-state index >= 15 is 0 Å². The van der Waals surface area contributed by atoms with Crippen molar-refractivity contribution in [1.82, 2.24) is 5.32 Å². The summed E-state index contributed by atoms with van der Waals surface area (Å²) >= 11 is 0. The van der Waals surface area contributed by atoms with Gasteiger partial charge in [0.2, 0.25) is 0 Å². The van der Waals surface area contributed by atoms with Crippen molar-refractivity contribution in [2.75, 3.05) is 6.54 Å². The highest BCUT2D eigenvalue weighted by Crippen LogP contribution is 2.43. The Morgan fingerprint density at radius 2 is 1.79 bits per heavy atom. The van der Waals surface area contributed by atoms with Crippen molar-refractivity contribution in [2.45, 2.75) is 32.6 Å². The molecule has 2 N–H and O–H groups in total. The molecule has 0 bridgehead atoms. The Balaban J connectivity index is 1.94. The van der Waals surface area contributed by atoms with Gasteiger partial charge < -0.3 is 10.4 Å². The lowest BCUT2D eigenvalue weighted by molar-refractivity contribution is 0.0696. The van der Waals surface area contributed by atoms with Crippen LogP contribution in [-0.4, -0.2) is 23.5 Å². The maximum atomic E-state index is 12.0. The van der Waals surface area contributed by atoms with Crippen LogP contribution in [-0.2, 0) is 0 Å². The highest BCUT2D eigenvalue weighted by atomic mass is 16.4. The van der Waals surface area contributed by atoms with Gasteiger partial charge in [0.25, 0.3) is 5.91 Å². The number of rotatable bonds is 5. The molecule has 2 rings (SSSR count). The first kappa shape index (κ1) is 13.6. The molecule has 4 nitrogen and oxygen atoms in total. The number of carboxylic acids is 1. The molecule has 1 aliphatic carbocycles. The van der Waals surface area contributed by atoms with E-state index in [0.717, 1.165) is 6.42 Å². The van der Waals surface area contributed by atoms with E-state index in [9.17, 15) is 9.59 Å². The fourth-order valence-corrected chi connectivity index (χ4v) is 2.47. The van der Waals surface area contributed by atoms with Gasteiger partial charge in [0, 0.05) is 12.1 Å². The van der Waals surface area contributed by atoms with Crippen LogP contribution >= 0.6 is 0 Å². The van der Waals surface area contributed by atoms with Crippen LogP contribution in [0.4, 0.5) is 0 Å². The molecule has 1 saturated carbocycles. The monoisotopic (exact) mass is 261 g/mol. The van der Waals surface area contributed by atoms with Gasteiger partial charge in [-0.1, -0.05) is 13.3 Å². The summed E-state index contributed by atoms with van der Waals surface area (Å²) in [4.78, 5) is 22.7. The number of benzene rings is 1. The van der Waals surface area contributed by atoms with Crippen molar-refractivity contribution in [3.8, 4) is 0 Å². The van der Waals surface area contributed by atoms with E-state index in [1.165, 1.54) is 31.4 Å². The Kier molecular flexibility index (Phi) is 3.88. The Morgan fingerprint density at radius 3 is 2.21 bits per heavy atom. The summed E-state index contributed by atoms with van der Waals surface area (Å²) in [7, 11) is 0. The van der Waals surface area contributed by atoms with Gasteiger partial charge in [-0.25, -0.2) is 4.79 Å². The fraction of sp³-hybridized carbons (Fsp3) is 0.467. The lowest BCUT2D eigenvalue weighted by atomic mass is 9.67. The molecular weight excluding hydrogens is 242 g/mol. The van der Waals surface area contributed by atoms with E-state index < -0.39 is 5.97 Å². The first-order valence-corrected chi connectivity index (χ1v) is 6.68. The van der Waals surface area contributed by atoms with E-state index in [4.69, 9.17) is 5.11 Å². The van der Waals surface area contributed by atoms with Crippen molar-refractivity contribution < 1.29 is 14.7 Å². The van der Waals surface area contributed by atoms with Crippen molar-refractivity contribution in [1.29, 1.82) is 0 Å². The van der Waals surface area contributed by atoms with Gasteiger partial charge >= 0.3 is 5.97 Å². The van der Waals surface area contributed by atoms with Gasteiger partial charge in [0.05, 0.1) is 5.56 Å². The Morgan fingerprint density at radius 1 is 1.21 bits per heavy atom. The van der Waals surface area contributed by atoms with Crippen LogP contribution in [0.3, 0.4) is 0 Å². The molecule has 1 aromatic carbocycles. The average molecular weight is 261 g/mol. The standard InChI is InChI=1S/C15H19NO3/c1-2-15(8-3-9-15)10-16-13(17)11-4-6-12(7-5-11)14(18)19/h4-7H,2-3,8-10H2,1H3,(H,16,17)(H,18,19). The van der Waals surface area contributed by atoms with E-state index in [0.29, 0.717) is 12.1 Å². The molecule has 1 amide bonds. The Labute approximate surface area is 112 Å². The highest BCUT2D eigenvalue weighted by Gasteiger charge is 2.35. The lowest BCUT2D eigenvalue weighted by Gasteiger charge is -2.41. The second-order valence-corrected chi connectivity index (χ2v) is 5.27. The van der Waals surface area contributed by atoms with E-state index in [1.807, 2.05) is 0 Å². The zero-order valence-electron chi connectivity index (χ0n) is 11.1. The second-order valence-electron chi connectivity index (χ2n) is 5.27. The van der Waals surface area contributed by atoms with Gasteiger partial charge in [0.1, 0.15) is 0 Å². The van der Waals surface area contributed by atoms with Crippen molar-refractivity contribution in [2.24, 2.45) is 5.41 Å². The Bertz CT molecular complexity index is 469. The predicted octanol–water partition coefficient (Wildman–Crippen LogP) is 2.69. The highest BCUT2D eigenvalue weighted by molar-refractivity contribution is 5.95. The van der Waals surface area contributed by atoms with Crippen LogP contribution in [0.2, 0.25) is 0 Å². The van der Waals surface area contributed by atoms with Gasteiger partial charge in [-0.15, -0.1) is 0 Å². The summed E-state index contributed by atoms with van der Waals surface area (Å²) in [5, 5.41) is 11.8. The zero-order chi connectivity index (χ0) is 13.9. The summed E-state index contributed by atoms with van der Waals surface area (Å²) in [5.41, 5.74) is 0.993. The van der Waals surface area contributed by atoms with Crippen LogP contribution in [0.5, 0.6) is 0 Å². The summed E-state index contributed by atoms with van der Waals surface area (Å²) in [6.45, 7) is 2.87. The minimum atomic E-state index is -0.980. The van der Waals surface area contributed by atoms with E-state index in [-0.39, 0.29) is 16.9 Å². The molecule has 0 aliphatic heterocycles. The third kappa shape index (κ3) is 2.95. The van der Waals surface area contributed by atoms with Crippen LogP contribution < -0.4 is 5.32 Å². The maximum absolute atomic E-state index is 12.0. The number of carboxylic acid groups (broad SMARTS) is 1. The number of hydrogen-bond donors (Lipinski definition) is 2. The number of aromatic carboxylic acids is 1. The number of amides is 1. The van der Waals surface area contributed by atoms with Gasteiger partial charge in [-0.05, 0) is 48.9 Å². The molecule has 0 spiro atoms. The van der Waals surface area contributed by atoms with Gasteiger partial charge in [-0.2, -0.15) is 0 Å². The second kappa shape index (κ2) is 5.43. The summed E-state index contributed by atoms with van der Waals surface area (Å²) < 4.78 is 0. The van der Waals surface area contributed by atoms with Gasteiger partial charge in [-0.3, -0.25) is 4.79 Å². The molecule has 0 aromatic heterocycles. The van der Waals surface area contributed by atoms with E-state index in [2.05, 4.69) is 12.2 Å². The lowest BCUT2D eigenvalue weighted by Crippen LogP contribution is -2.41. The van der Waals surface area contributed by atoms with Crippen LogP contribution in [0, 0.1) is 5.41 Å². The molecule has 0 atom stereocenters. The minimum absolute atomic E-state index is 0.128. The number of nitrogens with one attached hydrogen (secondary N) is 1. The van der Waals surface area contributed by atoms with Crippen molar-refractivity contribution in [3.05, 3.63) is 35.4 Å². The molecule has 0 radical (unpaired) electrons. The SMILES string of the molecule is CCC1(CNC(=O)c2ccc(C(=O)O)cc2)CCC1. The summed E-state index contributed by atoms with van der Waals surface area (Å²) in [5.74, 6) is -1.11. The third-order valence-corrected chi connectivity index (χ3v) is 4.18. The van der Waals surface area contributed by atoms with Crippen molar-refractivity contribution in [3.63, 3.8) is 0 Å². The molecule has 1 aromatic rings. The topological polar surface area (TPSA) is 66.4 Å². The molecule has 0 saturated heterocycles. The predicted molar refractivity (Wildman–Crippen MR) is 72.3 cm³/mol. The minimum Gasteiger partial charge on any atom is -0.478 e. The molecule has 4 heteroatoms. The zero-order valence-corrected chi connectivity index (χ0v) is 11.1. The number of carbonyl (C=O) groups excluding carboxylic acids is 1.